The Kier molecular flexibility index (Phi) is 27.1. The van der Waals surface area contributed by atoms with E-state index >= 15 is 0 Å². The SMILES string of the molecule is CCCCCCCCCCCCN(CCS(=O)(=O)O)C(=O)CCCC(=O)N(CCCCCCCCCCCC)CCS(=O)(=O)O. The van der Waals surface area contributed by atoms with Crippen LogP contribution in [-0.2, 0) is 29.8 Å². The van der Waals surface area contributed by atoms with E-state index < -0.39 is 31.7 Å². The third-order valence-corrected chi connectivity index (χ3v) is 9.69. The Morgan fingerprint density at radius 1 is 0.422 bits per heavy atom. The molecule has 12 heteroatoms. The summed E-state index contributed by atoms with van der Waals surface area (Å²) < 4.78 is 63.7. The minimum atomic E-state index is -4.21. The number of carbonyl (C=O) groups is 2. The number of rotatable bonds is 32. The van der Waals surface area contributed by atoms with Gasteiger partial charge in [0.1, 0.15) is 0 Å². The summed E-state index contributed by atoms with van der Waals surface area (Å²) in [6, 6.07) is 0. The smallest absolute Gasteiger partial charge is 0.266 e. The molecule has 45 heavy (non-hydrogen) atoms. The molecule has 0 aromatic heterocycles. The van der Waals surface area contributed by atoms with Gasteiger partial charge in [0, 0.05) is 39.0 Å². The molecule has 2 amide bonds. The van der Waals surface area contributed by atoms with Gasteiger partial charge < -0.3 is 9.80 Å². The zero-order chi connectivity index (χ0) is 33.8. The summed E-state index contributed by atoms with van der Waals surface area (Å²) in [6.45, 7) is 5.02. The topological polar surface area (TPSA) is 149 Å². The van der Waals surface area contributed by atoms with E-state index in [0.29, 0.717) is 13.1 Å². The van der Waals surface area contributed by atoms with Crippen LogP contribution in [0.4, 0.5) is 0 Å². The van der Waals surface area contributed by atoms with Gasteiger partial charge in [-0.15, -0.1) is 0 Å². The van der Waals surface area contributed by atoms with Gasteiger partial charge in [0.15, 0.2) is 0 Å². The Morgan fingerprint density at radius 2 is 0.689 bits per heavy atom. The van der Waals surface area contributed by atoms with E-state index in [0.717, 1.165) is 51.4 Å². The zero-order valence-electron chi connectivity index (χ0n) is 28.6. The molecule has 0 saturated heterocycles. The third kappa shape index (κ3) is 29.9. The van der Waals surface area contributed by atoms with E-state index in [2.05, 4.69) is 13.8 Å². The lowest BCUT2D eigenvalue weighted by atomic mass is 10.1. The Morgan fingerprint density at radius 3 is 0.956 bits per heavy atom. The molecule has 0 heterocycles. The molecule has 0 saturated carbocycles. The van der Waals surface area contributed by atoms with Gasteiger partial charge in [0.05, 0.1) is 11.5 Å². The van der Waals surface area contributed by atoms with Crippen LogP contribution in [0.5, 0.6) is 0 Å². The predicted octanol–water partition coefficient (Wildman–Crippen LogP) is 7.43. The van der Waals surface area contributed by atoms with Gasteiger partial charge in [0.2, 0.25) is 11.8 Å². The van der Waals surface area contributed by atoms with E-state index in [4.69, 9.17) is 0 Å². The molecule has 0 fully saturated rings. The standard InChI is InChI=1S/C33H66N2O8S2/c1-3-5-7-9-11-13-15-17-19-21-26-34(28-30-44(38,39)40)32(36)24-23-25-33(37)35(29-31-45(41,42)43)27-22-20-18-16-14-12-10-8-6-4-2/h3-31H2,1-2H3,(H,38,39,40)(H,41,42,43). The van der Waals surface area contributed by atoms with Crippen LogP contribution in [0.1, 0.15) is 162 Å². The maximum Gasteiger partial charge on any atom is 0.266 e. The van der Waals surface area contributed by atoms with Gasteiger partial charge >= 0.3 is 0 Å². The molecule has 0 unspecified atom stereocenters. The van der Waals surface area contributed by atoms with Crippen molar-refractivity contribution in [2.24, 2.45) is 0 Å². The van der Waals surface area contributed by atoms with Crippen molar-refractivity contribution >= 4 is 32.1 Å². The number of carbonyl (C=O) groups excluding carboxylic acids is 2. The zero-order valence-corrected chi connectivity index (χ0v) is 30.2. The van der Waals surface area contributed by atoms with Crippen molar-refractivity contribution in [3.8, 4) is 0 Å². The molecule has 0 spiro atoms. The summed E-state index contributed by atoms with van der Waals surface area (Å²) in [5, 5.41) is 0. The van der Waals surface area contributed by atoms with Crippen LogP contribution in [-0.4, -0.2) is 85.2 Å². The van der Waals surface area contributed by atoms with E-state index in [-0.39, 0.29) is 44.2 Å². The molecule has 268 valence electrons. The van der Waals surface area contributed by atoms with E-state index in [1.54, 1.807) is 0 Å². The highest BCUT2D eigenvalue weighted by Crippen LogP contribution is 2.14. The van der Waals surface area contributed by atoms with Crippen molar-refractivity contribution in [1.82, 2.24) is 9.80 Å². The second-order valence-corrected chi connectivity index (χ2v) is 15.7. The fourth-order valence-electron chi connectivity index (χ4n) is 5.46. The number of hydrogen-bond acceptors (Lipinski definition) is 6. The van der Waals surface area contributed by atoms with Crippen molar-refractivity contribution in [2.45, 2.75) is 162 Å². The first kappa shape index (κ1) is 43.8. The largest absolute Gasteiger partial charge is 0.342 e. The lowest BCUT2D eigenvalue weighted by Gasteiger charge is -2.24. The predicted molar refractivity (Wildman–Crippen MR) is 184 cm³/mol. The van der Waals surface area contributed by atoms with E-state index in [9.17, 15) is 35.5 Å². The molecular weight excluding hydrogens is 617 g/mol. The summed E-state index contributed by atoms with van der Waals surface area (Å²) in [5.41, 5.74) is 0. The Hall–Kier alpha value is -1.24. The average Bonchev–Trinajstić information content (AvgIpc) is 2.96. The molecule has 2 N–H and O–H groups in total. The van der Waals surface area contributed by atoms with E-state index in [1.807, 2.05) is 0 Å². The first-order chi connectivity index (χ1) is 21.4. The van der Waals surface area contributed by atoms with Gasteiger partial charge in [-0.3, -0.25) is 18.7 Å². The molecule has 0 aliphatic heterocycles. The van der Waals surface area contributed by atoms with Crippen molar-refractivity contribution in [3.63, 3.8) is 0 Å². The lowest BCUT2D eigenvalue weighted by Crippen LogP contribution is -2.37. The van der Waals surface area contributed by atoms with Gasteiger partial charge in [-0.25, -0.2) is 0 Å². The summed E-state index contributed by atoms with van der Waals surface area (Å²) in [4.78, 5) is 28.8. The van der Waals surface area contributed by atoms with Crippen LogP contribution in [0, 0.1) is 0 Å². The summed E-state index contributed by atoms with van der Waals surface area (Å²) in [7, 11) is -8.43. The molecule has 0 rings (SSSR count). The number of amides is 2. The van der Waals surface area contributed by atoms with E-state index in [1.165, 1.54) is 86.8 Å². The summed E-state index contributed by atoms with van der Waals surface area (Å²) in [5.74, 6) is -1.59. The monoisotopic (exact) mass is 682 g/mol. The fraction of sp³-hybridized carbons (Fsp3) is 0.939. The molecule has 0 aliphatic rings. The van der Waals surface area contributed by atoms with Gasteiger partial charge in [-0.1, -0.05) is 129 Å². The van der Waals surface area contributed by atoms with Crippen molar-refractivity contribution in [1.29, 1.82) is 0 Å². The second-order valence-electron chi connectivity index (χ2n) is 12.6. The summed E-state index contributed by atoms with van der Waals surface area (Å²) >= 11 is 0. The van der Waals surface area contributed by atoms with Gasteiger partial charge in [-0.05, 0) is 19.3 Å². The molecule has 0 atom stereocenters. The van der Waals surface area contributed by atoms with Crippen LogP contribution in [0.25, 0.3) is 0 Å². The first-order valence-electron chi connectivity index (χ1n) is 17.9. The molecule has 0 aliphatic carbocycles. The fourth-order valence-corrected chi connectivity index (χ4v) is 6.36. The highest BCUT2D eigenvalue weighted by Gasteiger charge is 2.19. The highest BCUT2D eigenvalue weighted by molar-refractivity contribution is 7.86. The first-order valence-corrected chi connectivity index (χ1v) is 21.1. The Labute approximate surface area is 276 Å². The van der Waals surface area contributed by atoms with Crippen LogP contribution in [0.2, 0.25) is 0 Å². The average molecular weight is 683 g/mol. The second kappa shape index (κ2) is 27.8. The van der Waals surface area contributed by atoms with Gasteiger partial charge in [0.25, 0.3) is 20.2 Å². The lowest BCUT2D eigenvalue weighted by molar-refractivity contribution is -0.132. The van der Waals surface area contributed by atoms with Crippen molar-refractivity contribution in [3.05, 3.63) is 0 Å². The quantitative estimate of drug-likeness (QED) is 0.0550. The maximum absolute atomic E-state index is 12.9. The van der Waals surface area contributed by atoms with Crippen LogP contribution in [0.15, 0.2) is 0 Å². The summed E-state index contributed by atoms with van der Waals surface area (Å²) in [6.07, 6.45) is 23.1. The molecular formula is C33H66N2O8S2. The third-order valence-electron chi connectivity index (χ3n) is 8.29. The van der Waals surface area contributed by atoms with Crippen molar-refractivity contribution < 1.29 is 35.5 Å². The molecule has 10 nitrogen and oxygen atoms in total. The van der Waals surface area contributed by atoms with Crippen molar-refractivity contribution in [2.75, 3.05) is 37.7 Å². The molecule has 0 radical (unpaired) electrons. The minimum absolute atomic E-state index is 0.0549. The minimum Gasteiger partial charge on any atom is -0.342 e. The Bertz CT molecular complexity index is 882. The Balaban J connectivity index is 4.64. The normalized spacial score (nSPS) is 12.0. The van der Waals surface area contributed by atoms with Crippen LogP contribution >= 0.6 is 0 Å². The number of hydrogen-bond donors (Lipinski definition) is 2. The van der Waals surface area contributed by atoms with Crippen LogP contribution < -0.4 is 0 Å². The highest BCUT2D eigenvalue weighted by atomic mass is 32.2. The number of unbranched alkanes of at least 4 members (excludes halogenated alkanes) is 18. The molecule has 0 aromatic rings. The molecule has 0 aromatic carbocycles. The van der Waals surface area contributed by atoms with Crippen LogP contribution in [0.3, 0.4) is 0 Å². The molecule has 0 bridgehead atoms. The van der Waals surface area contributed by atoms with Gasteiger partial charge in [-0.2, -0.15) is 16.8 Å². The maximum atomic E-state index is 12.9. The number of nitrogens with zero attached hydrogens (tertiary/aromatic N) is 2.